The lowest BCUT2D eigenvalue weighted by Crippen LogP contribution is -2.27. The summed E-state index contributed by atoms with van der Waals surface area (Å²) >= 11 is 1.51. The molecule has 2 amide bonds. The van der Waals surface area contributed by atoms with Crippen LogP contribution in [0.25, 0.3) is 0 Å². The molecule has 3 N–H and O–H groups in total. The predicted octanol–water partition coefficient (Wildman–Crippen LogP) is 4.99. The number of nitrogens with zero attached hydrogens (tertiary/aromatic N) is 1. The topological polar surface area (TPSA) is 101 Å². The maximum atomic E-state index is 12.8. The van der Waals surface area contributed by atoms with Crippen LogP contribution < -0.4 is 10.6 Å². The highest BCUT2D eigenvalue weighted by Crippen LogP contribution is 2.39. The van der Waals surface area contributed by atoms with Crippen LogP contribution in [-0.4, -0.2) is 28.7 Å². The number of alkyl carbamates (subject to hydrolysis) is 1. The fourth-order valence-corrected chi connectivity index (χ4v) is 5.70. The third-order valence-electron chi connectivity index (χ3n) is 6.33. The minimum Gasteiger partial charge on any atom is -0.508 e. The summed E-state index contributed by atoms with van der Waals surface area (Å²) in [6.45, 7) is 2.67. The molecule has 2 unspecified atom stereocenters. The Morgan fingerprint density at radius 1 is 1.31 bits per heavy atom. The summed E-state index contributed by atoms with van der Waals surface area (Å²) in [5, 5.41) is 16.2. The highest BCUT2D eigenvalue weighted by atomic mass is 32.1. The van der Waals surface area contributed by atoms with Crippen LogP contribution in [0.3, 0.4) is 0 Å². The number of benzene rings is 1. The van der Waals surface area contributed by atoms with Gasteiger partial charge in [-0.2, -0.15) is 0 Å². The van der Waals surface area contributed by atoms with Crippen molar-refractivity contribution in [1.29, 1.82) is 0 Å². The molecule has 0 aliphatic heterocycles. The largest absolute Gasteiger partial charge is 0.508 e. The van der Waals surface area contributed by atoms with Crippen LogP contribution in [0.15, 0.2) is 48.8 Å². The summed E-state index contributed by atoms with van der Waals surface area (Å²) in [6, 6.07) is 10.6. The van der Waals surface area contributed by atoms with Crippen molar-refractivity contribution in [3.63, 3.8) is 0 Å². The molecule has 3 aromatic rings. The third-order valence-corrected chi connectivity index (χ3v) is 7.50. The molecular weight excluding hydrogens is 474 g/mol. The standard InChI is InChI=1S/C28H29N3O4S/c1-3-23-24-8-7-20(17-35-28(34)30-16-19-9-11-29-12-10-19)14-25(24)36-27(23)31-26(33)13-18(2)21-5-4-6-22(32)15-21/h1,4-6,9-12,15,18,20,32H,7-8,13-14,16-17H2,2H3,(H,30,34)(H,31,33). The Morgan fingerprint density at radius 3 is 2.86 bits per heavy atom. The summed E-state index contributed by atoms with van der Waals surface area (Å²) in [5.41, 5.74) is 3.72. The zero-order valence-corrected chi connectivity index (χ0v) is 20.9. The molecule has 0 saturated carbocycles. The molecule has 2 heterocycles. The molecule has 2 aromatic heterocycles. The zero-order chi connectivity index (χ0) is 25.5. The van der Waals surface area contributed by atoms with Crippen LogP contribution in [0, 0.1) is 18.3 Å². The summed E-state index contributed by atoms with van der Waals surface area (Å²) in [4.78, 5) is 30.0. The SMILES string of the molecule is C#Cc1c(NC(=O)CC(C)c2cccc(O)c2)sc2c1CCC(COC(=O)NCc1ccncc1)C2. The van der Waals surface area contributed by atoms with Gasteiger partial charge in [0.1, 0.15) is 10.8 Å². The van der Waals surface area contributed by atoms with E-state index in [-0.39, 0.29) is 29.9 Å². The monoisotopic (exact) mass is 503 g/mol. The maximum absolute atomic E-state index is 12.8. The average Bonchev–Trinajstić information content (AvgIpc) is 3.22. The molecule has 186 valence electrons. The summed E-state index contributed by atoms with van der Waals surface area (Å²) in [6.07, 6.45) is 11.4. The number of pyridine rings is 1. The van der Waals surface area contributed by atoms with Crippen molar-refractivity contribution in [2.75, 3.05) is 11.9 Å². The number of hydrogen-bond acceptors (Lipinski definition) is 6. The lowest BCUT2D eigenvalue weighted by molar-refractivity contribution is -0.116. The molecule has 0 radical (unpaired) electrons. The van der Waals surface area contributed by atoms with Crippen LogP contribution in [0.1, 0.15) is 52.8 Å². The lowest BCUT2D eigenvalue weighted by atomic mass is 9.87. The molecule has 0 fully saturated rings. The van der Waals surface area contributed by atoms with Gasteiger partial charge in [0.15, 0.2) is 0 Å². The molecule has 4 rings (SSSR count). The number of carbonyl (C=O) groups excluding carboxylic acids is 2. The van der Waals surface area contributed by atoms with Crippen molar-refractivity contribution < 1.29 is 19.4 Å². The smallest absolute Gasteiger partial charge is 0.407 e. The molecule has 2 atom stereocenters. The molecule has 0 bridgehead atoms. The van der Waals surface area contributed by atoms with E-state index in [2.05, 4.69) is 21.5 Å². The minimum absolute atomic E-state index is 0.0489. The third kappa shape index (κ3) is 6.43. The van der Waals surface area contributed by atoms with Gasteiger partial charge in [-0.25, -0.2) is 4.79 Å². The number of terminal acetylenes is 1. The van der Waals surface area contributed by atoms with Gasteiger partial charge in [-0.1, -0.05) is 25.0 Å². The van der Waals surface area contributed by atoms with E-state index in [1.165, 1.54) is 11.3 Å². The highest BCUT2D eigenvalue weighted by molar-refractivity contribution is 7.16. The summed E-state index contributed by atoms with van der Waals surface area (Å²) in [5.74, 6) is 2.98. The number of rotatable bonds is 8. The van der Waals surface area contributed by atoms with Gasteiger partial charge < -0.3 is 20.5 Å². The van der Waals surface area contributed by atoms with Crippen molar-refractivity contribution in [3.8, 4) is 18.1 Å². The van der Waals surface area contributed by atoms with Gasteiger partial charge in [-0.3, -0.25) is 9.78 Å². The van der Waals surface area contributed by atoms with E-state index in [0.717, 1.165) is 46.4 Å². The van der Waals surface area contributed by atoms with E-state index in [9.17, 15) is 14.7 Å². The molecule has 1 aliphatic carbocycles. The first-order chi connectivity index (χ1) is 17.4. The summed E-state index contributed by atoms with van der Waals surface area (Å²) < 4.78 is 5.45. The first-order valence-corrected chi connectivity index (χ1v) is 12.7. The number of phenols is 1. The number of fused-ring (bicyclic) bond motifs is 1. The van der Waals surface area contributed by atoms with Gasteiger partial charge >= 0.3 is 6.09 Å². The fraction of sp³-hybridized carbons (Fsp3) is 0.321. The van der Waals surface area contributed by atoms with Gasteiger partial charge in [0.25, 0.3) is 0 Å². The number of amides is 2. The predicted molar refractivity (Wildman–Crippen MR) is 140 cm³/mol. The Labute approximate surface area is 214 Å². The van der Waals surface area contributed by atoms with Crippen molar-refractivity contribution in [2.24, 2.45) is 5.92 Å². The molecule has 1 aromatic carbocycles. The fourth-order valence-electron chi connectivity index (χ4n) is 4.36. The molecule has 7 nitrogen and oxygen atoms in total. The molecular formula is C28H29N3O4S. The van der Waals surface area contributed by atoms with E-state index in [1.54, 1.807) is 30.6 Å². The molecule has 36 heavy (non-hydrogen) atoms. The van der Waals surface area contributed by atoms with Crippen LogP contribution in [0.4, 0.5) is 9.80 Å². The second-order valence-corrected chi connectivity index (χ2v) is 10.1. The van der Waals surface area contributed by atoms with Crippen molar-refractivity contribution in [1.82, 2.24) is 10.3 Å². The van der Waals surface area contributed by atoms with E-state index >= 15 is 0 Å². The number of hydrogen-bond donors (Lipinski definition) is 3. The van der Waals surface area contributed by atoms with Gasteiger partial charge in [-0.15, -0.1) is 17.8 Å². The van der Waals surface area contributed by atoms with Crippen molar-refractivity contribution in [3.05, 3.63) is 75.9 Å². The Balaban J connectivity index is 1.31. The number of aromatic hydroxyl groups is 1. The summed E-state index contributed by atoms with van der Waals surface area (Å²) in [7, 11) is 0. The van der Waals surface area contributed by atoms with Crippen LogP contribution in [0.5, 0.6) is 5.75 Å². The number of carbonyl (C=O) groups is 2. The number of nitrogens with one attached hydrogen (secondary N) is 2. The first kappa shape index (κ1) is 25.3. The normalized spacial score (nSPS) is 15.3. The first-order valence-electron chi connectivity index (χ1n) is 11.9. The second kappa shape index (κ2) is 11.7. The number of aromatic nitrogens is 1. The molecule has 8 heteroatoms. The van der Waals surface area contributed by atoms with Gasteiger partial charge in [0.2, 0.25) is 5.91 Å². The Hall–Kier alpha value is -3.83. The lowest BCUT2D eigenvalue weighted by Gasteiger charge is -2.22. The van der Waals surface area contributed by atoms with Crippen LogP contribution >= 0.6 is 11.3 Å². The van der Waals surface area contributed by atoms with Gasteiger partial charge in [0, 0.05) is 30.2 Å². The average molecular weight is 504 g/mol. The van der Waals surface area contributed by atoms with Gasteiger partial charge in [-0.05, 0) is 72.1 Å². The molecule has 1 aliphatic rings. The number of anilines is 1. The van der Waals surface area contributed by atoms with E-state index in [0.29, 0.717) is 18.2 Å². The number of ether oxygens (including phenoxy) is 1. The van der Waals surface area contributed by atoms with E-state index < -0.39 is 6.09 Å². The second-order valence-electron chi connectivity index (χ2n) is 9.02. The Morgan fingerprint density at radius 2 is 2.11 bits per heavy atom. The van der Waals surface area contributed by atoms with E-state index in [1.807, 2.05) is 25.1 Å². The van der Waals surface area contributed by atoms with Crippen molar-refractivity contribution >= 4 is 28.3 Å². The quantitative estimate of drug-likeness (QED) is 0.376. The highest BCUT2D eigenvalue weighted by Gasteiger charge is 2.27. The number of phenolic OH excluding ortho intramolecular Hbond substituents is 1. The minimum atomic E-state index is -0.443. The number of thiophene rings is 1. The van der Waals surface area contributed by atoms with Gasteiger partial charge in [0.05, 0.1) is 12.2 Å². The molecule has 0 saturated heterocycles. The Bertz CT molecular complexity index is 1270. The maximum Gasteiger partial charge on any atom is 0.407 e. The van der Waals surface area contributed by atoms with Crippen LogP contribution in [-0.2, 0) is 28.9 Å². The zero-order valence-electron chi connectivity index (χ0n) is 20.1. The van der Waals surface area contributed by atoms with Crippen molar-refractivity contribution in [2.45, 2.75) is 45.1 Å². The Kier molecular flexibility index (Phi) is 8.24. The van der Waals surface area contributed by atoms with E-state index in [4.69, 9.17) is 11.2 Å². The molecule has 0 spiro atoms. The van der Waals surface area contributed by atoms with Crippen LogP contribution in [0.2, 0.25) is 0 Å².